The van der Waals surface area contributed by atoms with Crippen molar-refractivity contribution in [3.05, 3.63) is 70.8 Å². The lowest BCUT2D eigenvalue weighted by Crippen LogP contribution is -2.46. The van der Waals surface area contributed by atoms with Gasteiger partial charge in [0, 0.05) is 61.4 Å². The van der Waals surface area contributed by atoms with Gasteiger partial charge in [-0.1, -0.05) is 29.8 Å². The summed E-state index contributed by atoms with van der Waals surface area (Å²) in [6.45, 7) is 9.09. The highest BCUT2D eigenvalue weighted by Gasteiger charge is 2.17. The number of hydrogen-bond acceptors (Lipinski definition) is 5. The first kappa shape index (κ1) is 19.6. The van der Waals surface area contributed by atoms with Crippen molar-refractivity contribution in [2.75, 3.05) is 37.6 Å². The topological polar surface area (TPSA) is 50.1 Å². The minimum atomic E-state index is 0.602. The number of aryl methyl sites for hydroxylation is 1. The SMILES string of the molecule is Cc1nn(-c2ncccn2)c(C)c1/C=C/CN1CCN(c2cccc(Cl)c2)CC1. The van der Waals surface area contributed by atoms with Crippen LogP contribution in [0.1, 0.15) is 17.0 Å². The summed E-state index contributed by atoms with van der Waals surface area (Å²) in [5, 5.41) is 5.40. The molecule has 6 nitrogen and oxygen atoms in total. The largest absolute Gasteiger partial charge is 0.369 e. The highest BCUT2D eigenvalue weighted by atomic mass is 35.5. The van der Waals surface area contributed by atoms with E-state index >= 15 is 0 Å². The Morgan fingerprint density at radius 3 is 2.52 bits per heavy atom. The van der Waals surface area contributed by atoms with Crippen LogP contribution < -0.4 is 4.90 Å². The minimum Gasteiger partial charge on any atom is -0.369 e. The molecule has 0 unspecified atom stereocenters. The van der Waals surface area contributed by atoms with E-state index in [9.17, 15) is 0 Å². The Morgan fingerprint density at radius 2 is 1.79 bits per heavy atom. The number of benzene rings is 1. The highest BCUT2D eigenvalue weighted by molar-refractivity contribution is 6.30. The van der Waals surface area contributed by atoms with Gasteiger partial charge in [-0.25, -0.2) is 14.6 Å². The van der Waals surface area contributed by atoms with E-state index in [-0.39, 0.29) is 0 Å². The smallest absolute Gasteiger partial charge is 0.250 e. The summed E-state index contributed by atoms with van der Waals surface area (Å²) in [5.41, 5.74) is 4.37. The molecule has 0 N–H and O–H groups in total. The number of anilines is 1. The van der Waals surface area contributed by atoms with Gasteiger partial charge in [0.25, 0.3) is 5.95 Å². The van der Waals surface area contributed by atoms with Gasteiger partial charge in [-0.15, -0.1) is 0 Å². The van der Waals surface area contributed by atoms with Crippen molar-refractivity contribution >= 4 is 23.4 Å². The third kappa shape index (κ3) is 4.49. The molecule has 150 valence electrons. The summed E-state index contributed by atoms with van der Waals surface area (Å²) < 4.78 is 1.80. The summed E-state index contributed by atoms with van der Waals surface area (Å²) in [4.78, 5) is 13.5. The zero-order valence-corrected chi connectivity index (χ0v) is 17.5. The second kappa shape index (κ2) is 8.76. The third-order valence-electron chi connectivity index (χ3n) is 5.28. The van der Waals surface area contributed by atoms with Crippen LogP contribution >= 0.6 is 11.6 Å². The monoisotopic (exact) mass is 408 g/mol. The van der Waals surface area contributed by atoms with Crippen LogP contribution in [0.25, 0.3) is 12.0 Å². The van der Waals surface area contributed by atoms with Crippen molar-refractivity contribution in [3.8, 4) is 5.95 Å². The van der Waals surface area contributed by atoms with E-state index in [0.717, 1.165) is 54.7 Å². The Labute approximate surface area is 176 Å². The molecule has 0 bridgehead atoms. The van der Waals surface area contributed by atoms with E-state index in [0.29, 0.717) is 5.95 Å². The molecule has 0 spiro atoms. The predicted octanol–water partition coefficient (Wildman–Crippen LogP) is 3.77. The quantitative estimate of drug-likeness (QED) is 0.643. The Bertz CT molecular complexity index is 990. The van der Waals surface area contributed by atoms with Gasteiger partial charge in [0.1, 0.15) is 0 Å². The number of nitrogens with zero attached hydrogens (tertiary/aromatic N) is 6. The Morgan fingerprint density at radius 1 is 1.03 bits per heavy atom. The van der Waals surface area contributed by atoms with Gasteiger partial charge in [0.05, 0.1) is 11.4 Å². The molecule has 3 aromatic rings. The number of piperazine rings is 1. The molecule has 0 atom stereocenters. The molecule has 1 saturated heterocycles. The van der Waals surface area contributed by atoms with E-state index < -0.39 is 0 Å². The standard InChI is InChI=1S/C22H25ClN6/c1-17-21(18(2)29(26-17)22-24-9-5-10-25-22)8-4-11-27-12-14-28(15-13-27)20-7-3-6-19(23)16-20/h3-10,16H,11-15H2,1-2H3/b8-4+. The molecule has 1 aromatic carbocycles. The van der Waals surface area contributed by atoms with E-state index in [1.807, 2.05) is 31.2 Å². The zero-order chi connectivity index (χ0) is 20.2. The Hall–Kier alpha value is -2.70. The zero-order valence-electron chi connectivity index (χ0n) is 16.8. The number of aromatic nitrogens is 4. The van der Waals surface area contributed by atoms with Crippen LogP contribution in [-0.2, 0) is 0 Å². The normalized spacial score (nSPS) is 15.3. The molecule has 4 rings (SSSR count). The van der Waals surface area contributed by atoms with Crippen molar-refractivity contribution < 1.29 is 0 Å². The van der Waals surface area contributed by atoms with Crippen LogP contribution in [0.5, 0.6) is 0 Å². The van der Waals surface area contributed by atoms with Gasteiger partial charge >= 0.3 is 0 Å². The maximum absolute atomic E-state index is 6.12. The second-order valence-electron chi connectivity index (χ2n) is 7.21. The van der Waals surface area contributed by atoms with Crippen molar-refractivity contribution in [2.45, 2.75) is 13.8 Å². The lowest BCUT2D eigenvalue weighted by Gasteiger charge is -2.35. The van der Waals surface area contributed by atoms with Crippen LogP contribution in [-0.4, -0.2) is 57.4 Å². The van der Waals surface area contributed by atoms with Crippen molar-refractivity contribution in [2.24, 2.45) is 0 Å². The van der Waals surface area contributed by atoms with Crippen molar-refractivity contribution in [1.82, 2.24) is 24.6 Å². The molecule has 7 heteroatoms. The number of rotatable bonds is 5. The lowest BCUT2D eigenvalue weighted by atomic mass is 10.2. The molecular weight excluding hydrogens is 384 g/mol. The lowest BCUT2D eigenvalue weighted by molar-refractivity contribution is 0.284. The molecule has 2 aromatic heterocycles. The van der Waals surface area contributed by atoms with Crippen molar-refractivity contribution in [1.29, 1.82) is 0 Å². The van der Waals surface area contributed by atoms with Gasteiger partial charge in [-0.3, -0.25) is 4.90 Å². The molecule has 1 fully saturated rings. The number of hydrogen-bond donors (Lipinski definition) is 0. The molecule has 1 aliphatic heterocycles. The average Bonchev–Trinajstić information content (AvgIpc) is 3.03. The molecule has 0 amide bonds. The van der Waals surface area contributed by atoms with Crippen LogP contribution in [0.4, 0.5) is 5.69 Å². The van der Waals surface area contributed by atoms with Gasteiger partial charge in [0.15, 0.2) is 0 Å². The first-order valence-electron chi connectivity index (χ1n) is 9.85. The van der Waals surface area contributed by atoms with Gasteiger partial charge < -0.3 is 4.90 Å². The first-order chi connectivity index (χ1) is 14.1. The first-order valence-corrected chi connectivity index (χ1v) is 10.2. The number of halogens is 1. The molecule has 3 heterocycles. The fourth-order valence-corrected chi connectivity index (χ4v) is 3.86. The summed E-state index contributed by atoms with van der Waals surface area (Å²) in [6, 6.07) is 9.90. The summed E-state index contributed by atoms with van der Waals surface area (Å²) >= 11 is 6.12. The van der Waals surface area contributed by atoms with Gasteiger partial charge in [-0.2, -0.15) is 5.10 Å². The molecule has 0 radical (unpaired) electrons. The van der Waals surface area contributed by atoms with E-state index in [4.69, 9.17) is 11.6 Å². The summed E-state index contributed by atoms with van der Waals surface area (Å²) in [5.74, 6) is 0.602. The van der Waals surface area contributed by atoms with Crippen molar-refractivity contribution in [3.63, 3.8) is 0 Å². The van der Waals surface area contributed by atoms with Crippen LogP contribution in [0.15, 0.2) is 48.8 Å². The van der Waals surface area contributed by atoms with Crippen LogP contribution in [0.2, 0.25) is 5.02 Å². The molecule has 0 aliphatic carbocycles. The average molecular weight is 409 g/mol. The van der Waals surface area contributed by atoms with E-state index in [1.54, 1.807) is 17.1 Å². The van der Waals surface area contributed by atoms with Crippen LogP contribution in [0.3, 0.4) is 0 Å². The predicted molar refractivity (Wildman–Crippen MR) is 118 cm³/mol. The maximum Gasteiger partial charge on any atom is 0.250 e. The fourth-order valence-electron chi connectivity index (χ4n) is 3.67. The Kier molecular flexibility index (Phi) is 5.92. The molecular formula is C22H25ClN6. The highest BCUT2D eigenvalue weighted by Crippen LogP contribution is 2.21. The minimum absolute atomic E-state index is 0.602. The molecule has 0 saturated carbocycles. The third-order valence-corrected chi connectivity index (χ3v) is 5.52. The summed E-state index contributed by atoms with van der Waals surface area (Å²) in [7, 11) is 0. The van der Waals surface area contributed by atoms with Gasteiger partial charge in [-0.05, 0) is 38.1 Å². The molecule has 1 aliphatic rings. The van der Waals surface area contributed by atoms with Gasteiger partial charge in [0.2, 0.25) is 0 Å². The molecule has 29 heavy (non-hydrogen) atoms. The summed E-state index contributed by atoms with van der Waals surface area (Å²) in [6.07, 6.45) is 7.86. The fraction of sp³-hybridized carbons (Fsp3) is 0.318. The second-order valence-corrected chi connectivity index (χ2v) is 7.65. The van der Waals surface area contributed by atoms with Crippen LogP contribution in [0, 0.1) is 13.8 Å². The van der Waals surface area contributed by atoms with E-state index in [1.165, 1.54) is 5.69 Å². The maximum atomic E-state index is 6.12. The Balaban J connectivity index is 1.36. The van der Waals surface area contributed by atoms with E-state index in [2.05, 4.69) is 50.0 Å².